The van der Waals surface area contributed by atoms with Gasteiger partial charge in [-0.25, -0.2) is 0 Å². The zero-order valence-electron chi connectivity index (χ0n) is 9.38. The first kappa shape index (κ1) is 11.4. The van der Waals surface area contributed by atoms with Crippen molar-refractivity contribution in [1.82, 2.24) is 0 Å². The smallest absolute Gasteiger partial charge is 0.120 e. The van der Waals surface area contributed by atoms with E-state index in [1.165, 1.54) is 5.57 Å². The highest BCUT2D eigenvalue weighted by Crippen LogP contribution is 2.45. The summed E-state index contributed by atoms with van der Waals surface area (Å²) in [7, 11) is 1.75. The molecule has 80 valence electrons. The third-order valence-corrected chi connectivity index (χ3v) is 3.56. The highest BCUT2D eigenvalue weighted by molar-refractivity contribution is 5.51. The third-order valence-electron chi connectivity index (χ3n) is 3.56. The SMILES string of the molecule is C=C1CCC(OC)C(C)(C)C1CC=O. The van der Waals surface area contributed by atoms with Crippen molar-refractivity contribution in [3.05, 3.63) is 12.2 Å². The summed E-state index contributed by atoms with van der Waals surface area (Å²) in [6, 6.07) is 0. The molecule has 1 aliphatic carbocycles. The van der Waals surface area contributed by atoms with Gasteiger partial charge in [0.25, 0.3) is 0 Å². The Bertz CT molecular complexity index is 230. The van der Waals surface area contributed by atoms with Crippen molar-refractivity contribution < 1.29 is 9.53 Å². The minimum absolute atomic E-state index is 0.0327. The minimum Gasteiger partial charge on any atom is -0.381 e. The number of hydrogen-bond acceptors (Lipinski definition) is 2. The summed E-state index contributed by atoms with van der Waals surface area (Å²) in [5.41, 5.74) is 1.24. The van der Waals surface area contributed by atoms with Gasteiger partial charge in [0.05, 0.1) is 6.10 Å². The average molecular weight is 196 g/mol. The van der Waals surface area contributed by atoms with Gasteiger partial charge in [-0.3, -0.25) is 0 Å². The largest absolute Gasteiger partial charge is 0.381 e. The summed E-state index contributed by atoms with van der Waals surface area (Å²) in [5, 5.41) is 0. The van der Waals surface area contributed by atoms with Crippen LogP contribution in [0.5, 0.6) is 0 Å². The normalized spacial score (nSPS) is 31.5. The first-order chi connectivity index (χ1) is 6.54. The van der Waals surface area contributed by atoms with Gasteiger partial charge in [0.2, 0.25) is 0 Å². The quantitative estimate of drug-likeness (QED) is 0.512. The maximum Gasteiger partial charge on any atom is 0.120 e. The average Bonchev–Trinajstić information content (AvgIpc) is 2.12. The molecule has 14 heavy (non-hydrogen) atoms. The van der Waals surface area contributed by atoms with Crippen molar-refractivity contribution >= 4 is 6.29 Å². The van der Waals surface area contributed by atoms with Crippen LogP contribution in [0.3, 0.4) is 0 Å². The molecule has 0 spiro atoms. The predicted molar refractivity (Wildman–Crippen MR) is 57.1 cm³/mol. The monoisotopic (exact) mass is 196 g/mol. The number of carbonyl (C=O) groups is 1. The van der Waals surface area contributed by atoms with Crippen LogP contribution in [0.25, 0.3) is 0 Å². The van der Waals surface area contributed by atoms with Crippen molar-refractivity contribution in [3.63, 3.8) is 0 Å². The Hall–Kier alpha value is -0.630. The van der Waals surface area contributed by atoms with Crippen LogP contribution < -0.4 is 0 Å². The lowest BCUT2D eigenvalue weighted by Crippen LogP contribution is -2.42. The fourth-order valence-electron chi connectivity index (χ4n) is 2.60. The molecule has 1 saturated carbocycles. The molecule has 0 aromatic rings. The Morgan fingerprint density at radius 1 is 1.64 bits per heavy atom. The van der Waals surface area contributed by atoms with E-state index in [0.717, 1.165) is 19.1 Å². The van der Waals surface area contributed by atoms with Gasteiger partial charge in [-0.15, -0.1) is 0 Å². The van der Waals surface area contributed by atoms with Crippen LogP contribution in [0.1, 0.15) is 33.1 Å². The van der Waals surface area contributed by atoms with Gasteiger partial charge < -0.3 is 9.53 Å². The van der Waals surface area contributed by atoms with Gasteiger partial charge in [0.1, 0.15) is 6.29 Å². The van der Waals surface area contributed by atoms with E-state index in [1.54, 1.807) is 7.11 Å². The van der Waals surface area contributed by atoms with Crippen molar-refractivity contribution in [2.75, 3.05) is 7.11 Å². The molecule has 2 unspecified atom stereocenters. The number of carbonyl (C=O) groups excluding carboxylic acids is 1. The molecule has 2 nitrogen and oxygen atoms in total. The van der Waals surface area contributed by atoms with E-state index in [2.05, 4.69) is 20.4 Å². The van der Waals surface area contributed by atoms with Gasteiger partial charge in [-0.2, -0.15) is 0 Å². The van der Waals surface area contributed by atoms with E-state index < -0.39 is 0 Å². The number of aldehydes is 1. The fourth-order valence-corrected chi connectivity index (χ4v) is 2.60. The Morgan fingerprint density at radius 3 is 2.79 bits per heavy atom. The minimum atomic E-state index is 0.0327. The number of ether oxygens (including phenoxy) is 1. The van der Waals surface area contributed by atoms with Crippen LogP contribution in [0.4, 0.5) is 0 Å². The van der Waals surface area contributed by atoms with Crippen molar-refractivity contribution in [1.29, 1.82) is 0 Å². The van der Waals surface area contributed by atoms with E-state index in [4.69, 9.17) is 4.74 Å². The van der Waals surface area contributed by atoms with Crippen LogP contribution >= 0.6 is 0 Å². The summed E-state index contributed by atoms with van der Waals surface area (Å²) in [5.74, 6) is 0.277. The molecule has 2 atom stereocenters. The van der Waals surface area contributed by atoms with Crippen molar-refractivity contribution in [3.8, 4) is 0 Å². The van der Waals surface area contributed by atoms with Crippen LogP contribution in [0, 0.1) is 11.3 Å². The second kappa shape index (κ2) is 4.26. The molecular formula is C12H20O2. The Kier molecular flexibility index (Phi) is 3.48. The number of hydrogen-bond donors (Lipinski definition) is 0. The molecule has 0 bridgehead atoms. The molecule has 0 aromatic heterocycles. The van der Waals surface area contributed by atoms with E-state index in [9.17, 15) is 4.79 Å². The molecule has 0 aliphatic heterocycles. The molecule has 0 N–H and O–H groups in total. The maximum absolute atomic E-state index is 10.6. The summed E-state index contributed by atoms with van der Waals surface area (Å²) in [4.78, 5) is 10.6. The van der Waals surface area contributed by atoms with E-state index in [-0.39, 0.29) is 17.4 Å². The Morgan fingerprint density at radius 2 is 2.29 bits per heavy atom. The predicted octanol–water partition coefficient (Wildman–Crippen LogP) is 2.58. The second-order valence-electron chi connectivity index (χ2n) is 4.70. The van der Waals surface area contributed by atoms with Gasteiger partial charge in [0, 0.05) is 13.5 Å². The molecule has 0 saturated heterocycles. The second-order valence-corrected chi connectivity index (χ2v) is 4.70. The Labute approximate surface area is 86.3 Å². The first-order valence-electron chi connectivity index (χ1n) is 5.18. The number of rotatable bonds is 3. The van der Waals surface area contributed by atoms with Gasteiger partial charge >= 0.3 is 0 Å². The first-order valence-corrected chi connectivity index (χ1v) is 5.18. The molecule has 0 aromatic carbocycles. The third kappa shape index (κ3) is 1.90. The maximum atomic E-state index is 10.6. The topological polar surface area (TPSA) is 26.3 Å². The van der Waals surface area contributed by atoms with Crippen LogP contribution in [-0.2, 0) is 9.53 Å². The summed E-state index contributed by atoms with van der Waals surface area (Å²) >= 11 is 0. The highest BCUT2D eigenvalue weighted by atomic mass is 16.5. The number of allylic oxidation sites excluding steroid dienone is 1. The summed E-state index contributed by atoms with van der Waals surface area (Å²) in [6.45, 7) is 8.40. The van der Waals surface area contributed by atoms with Gasteiger partial charge in [-0.1, -0.05) is 26.0 Å². The van der Waals surface area contributed by atoms with Crippen molar-refractivity contribution in [2.24, 2.45) is 11.3 Å². The lowest BCUT2D eigenvalue weighted by molar-refractivity contribution is -0.111. The van der Waals surface area contributed by atoms with Crippen LogP contribution in [0.15, 0.2) is 12.2 Å². The highest BCUT2D eigenvalue weighted by Gasteiger charge is 2.41. The summed E-state index contributed by atoms with van der Waals surface area (Å²) < 4.78 is 5.47. The summed E-state index contributed by atoms with van der Waals surface area (Å²) in [6.07, 6.45) is 3.83. The molecule has 0 heterocycles. The lowest BCUT2D eigenvalue weighted by atomic mass is 9.64. The molecule has 0 amide bonds. The van der Waals surface area contributed by atoms with Crippen LogP contribution in [0.2, 0.25) is 0 Å². The van der Waals surface area contributed by atoms with E-state index >= 15 is 0 Å². The fraction of sp³-hybridized carbons (Fsp3) is 0.750. The van der Waals surface area contributed by atoms with Gasteiger partial charge in [0.15, 0.2) is 0 Å². The lowest BCUT2D eigenvalue weighted by Gasteiger charge is -2.45. The molecule has 2 heteroatoms. The van der Waals surface area contributed by atoms with E-state index in [0.29, 0.717) is 6.42 Å². The zero-order valence-corrected chi connectivity index (χ0v) is 9.38. The standard InChI is InChI=1S/C12H20O2/c1-9-5-6-11(14-4)12(2,3)10(9)7-8-13/h8,10-11H,1,5-7H2,2-4H3. The molecule has 1 aliphatic rings. The molecule has 0 radical (unpaired) electrons. The van der Waals surface area contributed by atoms with Crippen LogP contribution in [-0.4, -0.2) is 19.5 Å². The van der Waals surface area contributed by atoms with Gasteiger partial charge in [-0.05, 0) is 24.2 Å². The number of methoxy groups -OCH3 is 1. The molecule has 1 fully saturated rings. The Balaban J connectivity index is 2.86. The molecular weight excluding hydrogens is 176 g/mol. The van der Waals surface area contributed by atoms with Crippen molar-refractivity contribution in [2.45, 2.75) is 39.2 Å². The van der Waals surface area contributed by atoms with E-state index in [1.807, 2.05) is 0 Å². The zero-order chi connectivity index (χ0) is 10.8. The molecule has 1 rings (SSSR count).